The van der Waals surface area contributed by atoms with Crippen LogP contribution in [0.2, 0.25) is 0 Å². The smallest absolute Gasteiger partial charge is 0.246 e. The van der Waals surface area contributed by atoms with Crippen molar-refractivity contribution >= 4 is 41.5 Å². The molecule has 2 aromatic rings. The summed E-state index contributed by atoms with van der Waals surface area (Å²) in [6.07, 6.45) is 4.42. The first-order chi connectivity index (χ1) is 13.5. The Bertz CT molecular complexity index is 866. The molecule has 0 radical (unpaired) electrons. The van der Waals surface area contributed by atoms with Crippen molar-refractivity contribution in [2.75, 3.05) is 45.2 Å². The molecule has 1 aromatic heterocycles. The van der Waals surface area contributed by atoms with Crippen LogP contribution in [-0.4, -0.2) is 66.9 Å². The molecule has 1 aromatic carbocycles. The first-order valence-corrected chi connectivity index (χ1v) is 9.40. The zero-order valence-corrected chi connectivity index (χ0v) is 19.7. The number of carbonyl (C=O) groups is 1. The predicted octanol–water partition coefficient (Wildman–Crippen LogP) is 1.82. The van der Waals surface area contributed by atoms with E-state index in [-0.39, 0.29) is 29.9 Å². The van der Waals surface area contributed by atoms with Crippen molar-refractivity contribution in [3.8, 4) is 5.75 Å². The summed E-state index contributed by atoms with van der Waals surface area (Å²) in [4.78, 5) is 20.7. The van der Waals surface area contributed by atoms with Crippen LogP contribution in [0.4, 0.5) is 5.69 Å². The van der Waals surface area contributed by atoms with E-state index in [9.17, 15) is 4.79 Å². The van der Waals surface area contributed by atoms with Crippen molar-refractivity contribution in [1.82, 2.24) is 20.0 Å². The topological polar surface area (TPSA) is 75.0 Å². The highest BCUT2D eigenvalue weighted by Crippen LogP contribution is 2.19. The third kappa shape index (κ3) is 5.62. The Labute approximate surface area is 188 Å². The second kappa shape index (κ2) is 10.5. The van der Waals surface area contributed by atoms with Gasteiger partial charge in [0.05, 0.1) is 19.0 Å². The summed E-state index contributed by atoms with van der Waals surface area (Å²) in [5.74, 6) is 1.70. The number of aromatic nitrogens is 2. The van der Waals surface area contributed by atoms with E-state index in [0.29, 0.717) is 13.1 Å². The minimum Gasteiger partial charge on any atom is -0.496 e. The molecular weight excluding hydrogens is 483 g/mol. The van der Waals surface area contributed by atoms with Crippen molar-refractivity contribution in [2.45, 2.75) is 13.3 Å². The molecule has 1 N–H and O–H groups in total. The van der Waals surface area contributed by atoms with Crippen LogP contribution < -0.4 is 15.0 Å². The van der Waals surface area contributed by atoms with Gasteiger partial charge in [-0.25, -0.2) is 0 Å². The average Bonchev–Trinajstić information content (AvgIpc) is 3.12. The van der Waals surface area contributed by atoms with E-state index in [2.05, 4.69) is 33.6 Å². The number of hydrogen-bond donors (Lipinski definition) is 1. The predicted molar refractivity (Wildman–Crippen MR) is 125 cm³/mol. The molecule has 0 saturated carbocycles. The van der Waals surface area contributed by atoms with Crippen LogP contribution in [0.15, 0.2) is 35.6 Å². The Morgan fingerprint density at radius 3 is 2.76 bits per heavy atom. The van der Waals surface area contributed by atoms with Gasteiger partial charge in [0.15, 0.2) is 5.96 Å². The van der Waals surface area contributed by atoms with E-state index in [1.54, 1.807) is 29.9 Å². The average molecular weight is 512 g/mol. The third-order valence-corrected chi connectivity index (χ3v) is 4.90. The molecule has 0 unspecified atom stereocenters. The molecule has 1 aliphatic heterocycles. The van der Waals surface area contributed by atoms with Crippen LogP contribution >= 0.6 is 24.0 Å². The number of carbonyl (C=O) groups excluding carboxylic acids is 1. The second-order valence-electron chi connectivity index (χ2n) is 6.87. The summed E-state index contributed by atoms with van der Waals surface area (Å²) < 4.78 is 7.09. The lowest BCUT2D eigenvalue weighted by atomic mass is 10.1. The summed E-state index contributed by atoms with van der Waals surface area (Å²) in [6.45, 7) is 4.40. The fraction of sp³-hybridized carbons (Fsp3) is 0.450. The first-order valence-electron chi connectivity index (χ1n) is 9.40. The first kappa shape index (κ1) is 23.0. The minimum atomic E-state index is 0. The molecule has 158 valence electrons. The van der Waals surface area contributed by atoms with Crippen LogP contribution in [0.3, 0.4) is 0 Å². The number of aliphatic imine (C=N–C) groups is 1. The fourth-order valence-corrected chi connectivity index (χ4v) is 3.35. The van der Waals surface area contributed by atoms with Gasteiger partial charge in [0.2, 0.25) is 5.91 Å². The Kier molecular flexibility index (Phi) is 8.30. The monoisotopic (exact) mass is 512 g/mol. The number of piperazine rings is 1. The Morgan fingerprint density at radius 2 is 2.14 bits per heavy atom. The number of nitrogens with zero attached hydrogens (tertiary/aromatic N) is 5. The van der Waals surface area contributed by atoms with E-state index >= 15 is 0 Å². The zero-order valence-electron chi connectivity index (χ0n) is 17.4. The molecule has 1 saturated heterocycles. The summed E-state index contributed by atoms with van der Waals surface area (Å²) in [6, 6.07) is 6.24. The van der Waals surface area contributed by atoms with Gasteiger partial charge in [-0.2, -0.15) is 5.10 Å². The molecule has 1 fully saturated rings. The molecule has 3 rings (SSSR count). The highest BCUT2D eigenvalue weighted by Gasteiger charge is 2.27. The SMILES string of the molecule is CN=C(NCCc1ccc(C)c(OC)c1)N1CCN(c2cnn(C)c2)C(=O)C1.I. The van der Waals surface area contributed by atoms with Gasteiger partial charge in [-0.15, -0.1) is 24.0 Å². The quantitative estimate of drug-likeness (QED) is 0.376. The number of halogens is 1. The van der Waals surface area contributed by atoms with Crippen LogP contribution in [0.1, 0.15) is 11.1 Å². The summed E-state index contributed by atoms with van der Waals surface area (Å²) in [5.41, 5.74) is 3.16. The molecule has 8 nitrogen and oxygen atoms in total. The van der Waals surface area contributed by atoms with Crippen LogP contribution in [0, 0.1) is 6.92 Å². The van der Waals surface area contributed by atoms with Crippen LogP contribution in [-0.2, 0) is 18.3 Å². The number of methoxy groups -OCH3 is 1. The molecular formula is C20H29IN6O2. The lowest BCUT2D eigenvalue weighted by molar-refractivity contribution is -0.120. The number of ether oxygens (including phenoxy) is 1. The van der Waals surface area contributed by atoms with Crippen molar-refractivity contribution < 1.29 is 9.53 Å². The van der Waals surface area contributed by atoms with Gasteiger partial charge < -0.3 is 19.9 Å². The standard InChI is InChI=1S/C20H28N6O2.HI/c1-15-5-6-16(11-18(15)28-4)7-8-22-20(21-2)25-9-10-26(19(27)14-25)17-12-23-24(3)13-17;/h5-6,11-13H,7-10,14H2,1-4H3,(H,21,22);1H. The summed E-state index contributed by atoms with van der Waals surface area (Å²) >= 11 is 0. The van der Waals surface area contributed by atoms with E-state index in [1.807, 2.05) is 25.1 Å². The number of guanidine groups is 1. The number of aryl methyl sites for hydroxylation is 2. The molecule has 0 bridgehead atoms. The number of amides is 1. The lowest BCUT2D eigenvalue weighted by Crippen LogP contribution is -2.55. The molecule has 0 atom stereocenters. The molecule has 29 heavy (non-hydrogen) atoms. The molecule has 1 amide bonds. The molecule has 0 aliphatic carbocycles. The number of nitrogens with one attached hydrogen (secondary N) is 1. The second-order valence-corrected chi connectivity index (χ2v) is 6.87. The normalized spacial score (nSPS) is 14.6. The maximum Gasteiger partial charge on any atom is 0.246 e. The minimum absolute atomic E-state index is 0. The van der Waals surface area contributed by atoms with E-state index < -0.39 is 0 Å². The van der Waals surface area contributed by atoms with Gasteiger partial charge in [-0.3, -0.25) is 14.5 Å². The maximum atomic E-state index is 12.6. The summed E-state index contributed by atoms with van der Waals surface area (Å²) in [7, 11) is 5.28. The number of hydrogen-bond acceptors (Lipinski definition) is 4. The largest absolute Gasteiger partial charge is 0.496 e. The number of rotatable bonds is 5. The Hall–Kier alpha value is -2.30. The molecule has 2 heterocycles. The van der Waals surface area contributed by atoms with Gasteiger partial charge >= 0.3 is 0 Å². The van der Waals surface area contributed by atoms with E-state index in [1.165, 1.54) is 5.56 Å². The van der Waals surface area contributed by atoms with E-state index in [4.69, 9.17) is 4.74 Å². The highest BCUT2D eigenvalue weighted by molar-refractivity contribution is 14.0. The van der Waals surface area contributed by atoms with Gasteiger partial charge in [0.1, 0.15) is 12.3 Å². The van der Waals surface area contributed by atoms with Crippen LogP contribution in [0.25, 0.3) is 0 Å². The maximum absolute atomic E-state index is 12.6. The Balaban J connectivity index is 0.00000300. The highest BCUT2D eigenvalue weighted by atomic mass is 127. The number of benzene rings is 1. The van der Waals surface area contributed by atoms with Crippen molar-refractivity contribution in [3.05, 3.63) is 41.7 Å². The molecule has 9 heteroatoms. The van der Waals surface area contributed by atoms with E-state index in [0.717, 1.165) is 42.5 Å². The van der Waals surface area contributed by atoms with Gasteiger partial charge in [-0.1, -0.05) is 12.1 Å². The fourth-order valence-electron chi connectivity index (χ4n) is 3.35. The van der Waals surface area contributed by atoms with Gasteiger partial charge in [-0.05, 0) is 30.5 Å². The number of anilines is 1. The van der Waals surface area contributed by atoms with Gasteiger partial charge in [0.25, 0.3) is 0 Å². The molecule has 1 aliphatic rings. The lowest BCUT2D eigenvalue weighted by Gasteiger charge is -2.35. The molecule has 0 spiro atoms. The van der Waals surface area contributed by atoms with Crippen molar-refractivity contribution in [3.63, 3.8) is 0 Å². The third-order valence-electron chi connectivity index (χ3n) is 4.90. The van der Waals surface area contributed by atoms with Gasteiger partial charge in [0, 0.05) is 39.9 Å². The Morgan fingerprint density at radius 1 is 1.34 bits per heavy atom. The summed E-state index contributed by atoms with van der Waals surface area (Å²) in [5, 5.41) is 7.51. The van der Waals surface area contributed by atoms with Crippen molar-refractivity contribution in [2.24, 2.45) is 12.0 Å². The van der Waals surface area contributed by atoms with Crippen molar-refractivity contribution in [1.29, 1.82) is 0 Å². The zero-order chi connectivity index (χ0) is 20.1. The van der Waals surface area contributed by atoms with Crippen LogP contribution in [0.5, 0.6) is 5.75 Å².